The van der Waals surface area contributed by atoms with Gasteiger partial charge in [0.15, 0.2) is 11.6 Å². The number of imidazole rings is 1. The number of aromatic amines is 2. The van der Waals surface area contributed by atoms with Crippen molar-refractivity contribution in [1.82, 2.24) is 9.97 Å². The van der Waals surface area contributed by atoms with Crippen molar-refractivity contribution in [3.8, 4) is 0 Å². The van der Waals surface area contributed by atoms with E-state index in [0.717, 1.165) is 0 Å². The van der Waals surface area contributed by atoms with E-state index in [1.807, 2.05) is 0 Å². The van der Waals surface area contributed by atoms with Crippen molar-refractivity contribution in [1.29, 1.82) is 0 Å². The van der Waals surface area contributed by atoms with Crippen LogP contribution in [0.1, 0.15) is 0 Å². The Morgan fingerprint density at radius 2 is 1.92 bits per heavy atom. The fraction of sp³-hybridized carbons (Fsp3) is 0. The number of rotatable bonds is 0. The van der Waals surface area contributed by atoms with E-state index in [1.54, 1.807) is 0 Å². The number of nitrogens with one attached hydrogen (secondary N) is 2. The zero-order valence-corrected chi connectivity index (χ0v) is 7.71. The molecular weight excluding hydrogens is 246 g/mol. The molecule has 0 radical (unpaired) electrons. The SMILES string of the molecule is O=c1[nH]c2cc(Br)c(F)c(F)c2[nH]1. The molecule has 0 unspecified atom stereocenters. The van der Waals surface area contributed by atoms with Crippen LogP contribution in [0.25, 0.3) is 11.0 Å². The lowest BCUT2D eigenvalue weighted by Gasteiger charge is -1.96. The van der Waals surface area contributed by atoms with E-state index < -0.39 is 17.3 Å². The third-order valence-corrected chi connectivity index (χ3v) is 2.23. The summed E-state index contributed by atoms with van der Waals surface area (Å²) in [6, 6.07) is 1.30. The maximum Gasteiger partial charge on any atom is 0.323 e. The lowest BCUT2D eigenvalue weighted by Crippen LogP contribution is -1.99. The predicted octanol–water partition coefficient (Wildman–Crippen LogP) is 1.90. The number of benzene rings is 1. The van der Waals surface area contributed by atoms with Gasteiger partial charge in [-0.05, 0) is 22.0 Å². The minimum absolute atomic E-state index is 0.0206. The van der Waals surface area contributed by atoms with Gasteiger partial charge in [-0.2, -0.15) is 0 Å². The highest BCUT2D eigenvalue weighted by molar-refractivity contribution is 9.10. The number of H-pyrrole nitrogens is 2. The molecule has 2 aromatic rings. The first-order chi connectivity index (χ1) is 6.09. The number of hydrogen-bond acceptors (Lipinski definition) is 1. The van der Waals surface area contributed by atoms with Crippen LogP contribution in [0.2, 0.25) is 0 Å². The number of aromatic nitrogens is 2. The van der Waals surface area contributed by atoms with Crippen LogP contribution in [0.5, 0.6) is 0 Å². The van der Waals surface area contributed by atoms with E-state index in [2.05, 4.69) is 25.9 Å². The first kappa shape index (κ1) is 8.43. The average Bonchev–Trinajstić information content (AvgIpc) is 2.42. The minimum Gasteiger partial charge on any atom is -0.306 e. The lowest BCUT2D eigenvalue weighted by molar-refractivity contribution is 0.511. The van der Waals surface area contributed by atoms with Gasteiger partial charge < -0.3 is 9.97 Å². The van der Waals surface area contributed by atoms with Gasteiger partial charge in [0.25, 0.3) is 0 Å². The Morgan fingerprint density at radius 1 is 1.23 bits per heavy atom. The van der Waals surface area contributed by atoms with Gasteiger partial charge >= 0.3 is 5.69 Å². The summed E-state index contributed by atoms with van der Waals surface area (Å²) in [6.45, 7) is 0. The molecule has 1 aromatic heterocycles. The summed E-state index contributed by atoms with van der Waals surface area (Å²) in [5, 5.41) is 0. The Hall–Kier alpha value is -1.17. The van der Waals surface area contributed by atoms with E-state index in [0.29, 0.717) is 0 Å². The highest BCUT2D eigenvalue weighted by Crippen LogP contribution is 2.23. The number of halogens is 3. The summed E-state index contributed by atoms with van der Waals surface area (Å²) in [7, 11) is 0. The van der Waals surface area contributed by atoms with E-state index in [9.17, 15) is 13.6 Å². The quantitative estimate of drug-likeness (QED) is 0.688. The normalized spacial score (nSPS) is 11.0. The summed E-state index contributed by atoms with van der Waals surface area (Å²) >= 11 is 2.83. The van der Waals surface area contributed by atoms with Crippen LogP contribution in [0, 0.1) is 11.6 Å². The highest BCUT2D eigenvalue weighted by Gasteiger charge is 2.13. The molecule has 1 heterocycles. The largest absolute Gasteiger partial charge is 0.323 e. The third kappa shape index (κ3) is 1.17. The third-order valence-electron chi connectivity index (χ3n) is 1.65. The van der Waals surface area contributed by atoms with Crippen molar-refractivity contribution in [3.05, 3.63) is 32.7 Å². The monoisotopic (exact) mass is 248 g/mol. The Balaban J connectivity index is 3.00. The molecule has 0 aliphatic carbocycles. The molecule has 0 saturated heterocycles. The number of hydrogen-bond donors (Lipinski definition) is 2. The second-order valence-corrected chi connectivity index (χ2v) is 3.34. The van der Waals surface area contributed by atoms with Crippen LogP contribution in [0.4, 0.5) is 8.78 Å². The summed E-state index contributed by atoms with van der Waals surface area (Å²) in [4.78, 5) is 15.2. The van der Waals surface area contributed by atoms with Crippen LogP contribution < -0.4 is 5.69 Å². The smallest absolute Gasteiger partial charge is 0.306 e. The molecule has 0 spiro atoms. The van der Waals surface area contributed by atoms with E-state index >= 15 is 0 Å². The molecule has 13 heavy (non-hydrogen) atoms. The summed E-state index contributed by atoms with van der Waals surface area (Å²) in [6.07, 6.45) is 0. The maximum atomic E-state index is 13.1. The van der Waals surface area contributed by atoms with Crippen molar-refractivity contribution >= 4 is 27.0 Å². The van der Waals surface area contributed by atoms with Gasteiger partial charge in [-0.15, -0.1) is 0 Å². The average molecular weight is 249 g/mol. The molecule has 3 nitrogen and oxygen atoms in total. The van der Waals surface area contributed by atoms with Crippen molar-refractivity contribution in [2.45, 2.75) is 0 Å². The van der Waals surface area contributed by atoms with E-state index in [1.165, 1.54) is 6.07 Å². The van der Waals surface area contributed by atoms with E-state index in [4.69, 9.17) is 0 Å². The number of fused-ring (bicyclic) bond motifs is 1. The molecule has 0 bridgehead atoms. The van der Waals surface area contributed by atoms with Crippen molar-refractivity contribution in [3.63, 3.8) is 0 Å². The van der Waals surface area contributed by atoms with Crippen LogP contribution in [-0.4, -0.2) is 9.97 Å². The Morgan fingerprint density at radius 3 is 2.62 bits per heavy atom. The molecular formula is C7H3BrF2N2O. The predicted molar refractivity (Wildman–Crippen MR) is 46.5 cm³/mol. The van der Waals surface area contributed by atoms with E-state index in [-0.39, 0.29) is 15.5 Å². The lowest BCUT2D eigenvalue weighted by atomic mass is 10.3. The van der Waals surface area contributed by atoms with Crippen LogP contribution in [0.3, 0.4) is 0 Å². The van der Waals surface area contributed by atoms with Gasteiger partial charge in [0.1, 0.15) is 5.52 Å². The first-order valence-corrected chi connectivity index (χ1v) is 4.14. The summed E-state index contributed by atoms with van der Waals surface area (Å²) in [5.41, 5.74) is -0.479. The Kier molecular flexibility index (Phi) is 1.73. The van der Waals surface area contributed by atoms with Gasteiger partial charge in [-0.25, -0.2) is 13.6 Å². The fourth-order valence-electron chi connectivity index (χ4n) is 1.08. The van der Waals surface area contributed by atoms with Gasteiger partial charge in [-0.1, -0.05) is 0 Å². The molecule has 0 aliphatic heterocycles. The molecule has 0 saturated carbocycles. The highest BCUT2D eigenvalue weighted by atomic mass is 79.9. The second kappa shape index (κ2) is 2.66. The van der Waals surface area contributed by atoms with Gasteiger partial charge in [0.05, 0.1) is 9.99 Å². The van der Waals surface area contributed by atoms with Crippen molar-refractivity contribution < 1.29 is 8.78 Å². The maximum absolute atomic E-state index is 13.1. The molecule has 2 rings (SSSR count). The zero-order chi connectivity index (χ0) is 9.59. The molecule has 0 amide bonds. The Bertz CT molecular complexity index is 531. The molecule has 0 atom stereocenters. The summed E-state index contributed by atoms with van der Waals surface area (Å²) < 4.78 is 26.0. The van der Waals surface area contributed by atoms with Gasteiger partial charge in [0, 0.05) is 0 Å². The molecule has 6 heteroatoms. The fourth-order valence-corrected chi connectivity index (χ4v) is 1.49. The van der Waals surface area contributed by atoms with Crippen molar-refractivity contribution in [2.75, 3.05) is 0 Å². The Labute approximate surface area is 78.9 Å². The standard InChI is InChI=1S/C7H3BrF2N2O/c8-2-1-3-6(5(10)4(2)9)12-7(13)11-3/h1H,(H2,11,12,13). The van der Waals surface area contributed by atoms with Crippen LogP contribution >= 0.6 is 15.9 Å². The second-order valence-electron chi connectivity index (χ2n) is 2.49. The van der Waals surface area contributed by atoms with Gasteiger partial charge in [-0.3, -0.25) is 0 Å². The zero-order valence-electron chi connectivity index (χ0n) is 6.12. The summed E-state index contributed by atoms with van der Waals surface area (Å²) in [5.74, 6) is -2.08. The molecule has 0 aliphatic rings. The van der Waals surface area contributed by atoms with Gasteiger partial charge in [0.2, 0.25) is 0 Å². The molecule has 68 valence electrons. The van der Waals surface area contributed by atoms with Crippen LogP contribution in [-0.2, 0) is 0 Å². The minimum atomic E-state index is -1.07. The van der Waals surface area contributed by atoms with Crippen molar-refractivity contribution in [2.24, 2.45) is 0 Å². The van der Waals surface area contributed by atoms with Crippen LogP contribution in [0.15, 0.2) is 15.3 Å². The topological polar surface area (TPSA) is 48.6 Å². The first-order valence-electron chi connectivity index (χ1n) is 3.35. The molecule has 2 N–H and O–H groups in total. The molecule has 0 fully saturated rings. The molecule has 1 aromatic carbocycles.